The van der Waals surface area contributed by atoms with Crippen LogP contribution in [0.2, 0.25) is 0 Å². The molecule has 3 heterocycles. The molecule has 1 atom stereocenters. The van der Waals surface area contributed by atoms with Gasteiger partial charge in [-0.3, -0.25) is 4.98 Å². The summed E-state index contributed by atoms with van der Waals surface area (Å²) < 4.78 is 14.3. The van der Waals surface area contributed by atoms with E-state index in [0.717, 1.165) is 36.6 Å². The number of benzene rings is 1. The predicted octanol–water partition coefficient (Wildman–Crippen LogP) is 2.88. The van der Waals surface area contributed by atoms with Gasteiger partial charge in [-0.1, -0.05) is 12.1 Å². The molecule has 0 spiro atoms. The molecule has 2 N–H and O–H groups in total. The molecule has 6 heteroatoms. The summed E-state index contributed by atoms with van der Waals surface area (Å²) in [6.07, 6.45) is 4.37. The molecule has 126 valence electrons. The monoisotopic (exact) mass is 335 g/mol. The fraction of sp³-hybridized carbons (Fsp3) is 0.211. The molecule has 1 unspecified atom stereocenters. The van der Waals surface area contributed by atoms with E-state index in [2.05, 4.69) is 19.9 Å². The quantitative estimate of drug-likeness (QED) is 0.797. The lowest BCUT2D eigenvalue weighted by Gasteiger charge is -2.18. The van der Waals surface area contributed by atoms with Gasteiger partial charge in [-0.2, -0.15) is 0 Å². The number of halogens is 1. The van der Waals surface area contributed by atoms with E-state index >= 15 is 0 Å². The lowest BCUT2D eigenvalue weighted by Crippen LogP contribution is -2.27. The molecule has 0 saturated carbocycles. The second-order valence-corrected chi connectivity index (χ2v) is 6.15. The number of hydrogen-bond acceptors (Lipinski definition) is 5. The van der Waals surface area contributed by atoms with E-state index in [4.69, 9.17) is 5.73 Å². The maximum Gasteiger partial charge on any atom is 0.165 e. The van der Waals surface area contributed by atoms with E-state index in [1.165, 1.54) is 6.07 Å². The third-order valence-corrected chi connectivity index (χ3v) is 4.33. The molecule has 5 nitrogen and oxygen atoms in total. The molecule has 1 aliphatic rings. The van der Waals surface area contributed by atoms with Crippen molar-refractivity contribution in [3.63, 3.8) is 0 Å². The molecule has 1 aromatic carbocycles. The summed E-state index contributed by atoms with van der Waals surface area (Å²) in [4.78, 5) is 15.5. The van der Waals surface area contributed by atoms with Gasteiger partial charge in [0.2, 0.25) is 0 Å². The van der Waals surface area contributed by atoms with Crippen LogP contribution in [0.25, 0.3) is 22.6 Å². The van der Waals surface area contributed by atoms with Gasteiger partial charge in [-0.15, -0.1) is 0 Å². The highest BCUT2D eigenvalue weighted by atomic mass is 19.1. The fourth-order valence-corrected chi connectivity index (χ4v) is 3.02. The number of rotatable bonds is 3. The van der Waals surface area contributed by atoms with Crippen LogP contribution in [0.3, 0.4) is 0 Å². The Morgan fingerprint density at radius 2 is 2.00 bits per heavy atom. The van der Waals surface area contributed by atoms with Crippen LogP contribution in [0.4, 0.5) is 10.2 Å². The lowest BCUT2D eigenvalue weighted by atomic mass is 10.1. The van der Waals surface area contributed by atoms with Crippen LogP contribution in [-0.4, -0.2) is 34.1 Å². The average Bonchev–Trinajstić information content (AvgIpc) is 3.09. The van der Waals surface area contributed by atoms with Crippen molar-refractivity contribution < 1.29 is 4.39 Å². The van der Waals surface area contributed by atoms with Crippen molar-refractivity contribution in [2.45, 2.75) is 12.5 Å². The SMILES string of the molecule is NC1CCN(c2cc(-c3cccnc3)nc(-c3ccccc3F)n2)C1. The number of nitrogens with two attached hydrogens (primary N) is 1. The molecular formula is C19H18FN5. The molecule has 1 saturated heterocycles. The minimum absolute atomic E-state index is 0.133. The largest absolute Gasteiger partial charge is 0.355 e. The van der Waals surface area contributed by atoms with Crippen LogP contribution in [0.15, 0.2) is 54.9 Å². The van der Waals surface area contributed by atoms with Gasteiger partial charge in [-0.05, 0) is 30.7 Å². The van der Waals surface area contributed by atoms with Gasteiger partial charge in [0, 0.05) is 43.2 Å². The first-order chi connectivity index (χ1) is 12.2. The molecule has 4 rings (SSSR count). The predicted molar refractivity (Wildman–Crippen MR) is 95.5 cm³/mol. The summed E-state index contributed by atoms with van der Waals surface area (Å²) in [5, 5.41) is 0. The van der Waals surface area contributed by atoms with Gasteiger partial charge >= 0.3 is 0 Å². The second kappa shape index (κ2) is 6.57. The zero-order chi connectivity index (χ0) is 17.2. The maximum atomic E-state index is 14.3. The lowest BCUT2D eigenvalue weighted by molar-refractivity contribution is 0.630. The van der Waals surface area contributed by atoms with Crippen molar-refractivity contribution in [1.29, 1.82) is 0 Å². The number of pyridine rings is 1. The van der Waals surface area contributed by atoms with Crippen molar-refractivity contribution in [3.8, 4) is 22.6 Å². The first-order valence-corrected chi connectivity index (χ1v) is 8.25. The van der Waals surface area contributed by atoms with Crippen LogP contribution in [0, 0.1) is 5.82 Å². The third kappa shape index (κ3) is 3.21. The normalized spacial score (nSPS) is 17.0. The Labute approximate surface area is 145 Å². The summed E-state index contributed by atoms with van der Waals surface area (Å²) in [5.41, 5.74) is 8.00. The van der Waals surface area contributed by atoms with Crippen molar-refractivity contribution in [2.24, 2.45) is 5.73 Å². The van der Waals surface area contributed by atoms with Crippen molar-refractivity contribution in [3.05, 3.63) is 60.7 Å². The maximum absolute atomic E-state index is 14.3. The van der Waals surface area contributed by atoms with E-state index < -0.39 is 0 Å². The fourth-order valence-electron chi connectivity index (χ4n) is 3.02. The minimum Gasteiger partial charge on any atom is -0.355 e. The molecule has 0 amide bonds. The number of nitrogens with zero attached hydrogens (tertiary/aromatic N) is 4. The van der Waals surface area contributed by atoms with Crippen molar-refractivity contribution >= 4 is 5.82 Å². The van der Waals surface area contributed by atoms with Crippen molar-refractivity contribution in [2.75, 3.05) is 18.0 Å². The Balaban J connectivity index is 1.85. The standard InChI is InChI=1S/C19H18FN5/c20-16-6-2-1-5-15(16)19-23-17(13-4-3-8-22-11-13)10-18(24-19)25-9-7-14(21)12-25/h1-6,8,10-11,14H,7,9,12,21H2. The summed E-state index contributed by atoms with van der Waals surface area (Å²) in [6, 6.07) is 12.4. The Kier molecular flexibility index (Phi) is 4.11. The van der Waals surface area contributed by atoms with Gasteiger partial charge in [0.05, 0.1) is 11.3 Å². The van der Waals surface area contributed by atoms with Gasteiger partial charge in [0.15, 0.2) is 5.82 Å². The van der Waals surface area contributed by atoms with E-state index in [0.29, 0.717) is 11.4 Å². The van der Waals surface area contributed by atoms with E-state index in [1.54, 1.807) is 30.6 Å². The van der Waals surface area contributed by atoms with Crippen LogP contribution in [-0.2, 0) is 0 Å². The second-order valence-electron chi connectivity index (χ2n) is 6.15. The smallest absolute Gasteiger partial charge is 0.165 e. The summed E-state index contributed by atoms with van der Waals surface area (Å²) in [5.74, 6) is 0.796. The highest BCUT2D eigenvalue weighted by Gasteiger charge is 2.22. The molecule has 1 fully saturated rings. The molecule has 0 bridgehead atoms. The van der Waals surface area contributed by atoms with Crippen LogP contribution < -0.4 is 10.6 Å². The molecular weight excluding hydrogens is 317 g/mol. The summed E-state index contributed by atoms with van der Waals surface area (Å²) in [7, 11) is 0. The van der Waals surface area contributed by atoms with Gasteiger partial charge in [-0.25, -0.2) is 14.4 Å². The van der Waals surface area contributed by atoms with Crippen LogP contribution in [0.1, 0.15) is 6.42 Å². The number of aromatic nitrogens is 3. The Morgan fingerprint density at radius 1 is 1.12 bits per heavy atom. The van der Waals surface area contributed by atoms with Gasteiger partial charge in [0.25, 0.3) is 0 Å². The highest BCUT2D eigenvalue weighted by molar-refractivity contribution is 5.67. The number of anilines is 1. The summed E-state index contributed by atoms with van der Waals surface area (Å²) >= 11 is 0. The van der Waals surface area contributed by atoms with Crippen LogP contribution >= 0.6 is 0 Å². The summed E-state index contributed by atoms with van der Waals surface area (Å²) in [6.45, 7) is 1.57. The first kappa shape index (κ1) is 15.7. The topological polar surface area (TPSA) is 67.9 Å². The molecule has 2 aromatic heterocycles. The molecule has 1 aliphatic heterocycles. The first-order valence-electron chi connectivity index (χ1n) is 8.25. The Morgan fingerprint density at radius 3 is 2.72 bits per heavy atom. The highest BCUT2D eigenvalue weighted by Crippen LogP contribution is 2.28. The Hall–Kier alpha value is -2.86. The third-order valence-electron chi connectivity index (χ3n) is 4.33. The molecule has 25 heavy (non-hydrogen) atoms. The van der Waals surface area contributed by atoms with Crippen molar-refractivity contribution in [1.82, 2.24) is 15.0 Å². The van der Waals surface area contributed by atoms with Gasteiger partial charge < -0.3 is 10.6 Å². The number of hydrogen-bond donors (Lipinski definition) is 1. The Bertz CT molecular complexity index is 884. The minimum atomic E-state index is -0.338. The zero-order valence-corrected chi connectivity index (χ0v) is 13.6. The average molecular weight is 335 g/mol. The van der Waals surface area contributed by atoms with E-state index in [-0.39, 0.29) is 11.9 Å². The molecule has 3 aromatic rings. The molecule has 0 radical (unpaired) electrons. The zero-order valence-electron chi connectivity index (χ0n) is 13.6. The van der Waals surface area contributed by atoms with Crippen LogP contribution in [0.5, 0.6) is 0 Å². The molecule has 0 aliphatic carbocycles. The van der Waals surface area contributed by atoms with E-state index in [1.807, 2.05) is 18.2 Å². The van der Waals surface area contributed by atoms with Gasteiger partial charge in [0.1, 0.15) is 11.6 Å². The van der Waals surface area contributed by atoms with E-state index in [9.17, 15) is 4.39 Å².